The summed E-state index contributed by atoms with van der Waals surface area (Å²) in [6, 6.07) is -0.642. The summed E-state index contributed by atoms with van der Waals surface area (Å²) < 4.78 is 5.10. The number of ether oxygens (including phenoxy) is 1. The van der Waals surface area contributed by atoms with Crippen molar-refractivity contribution in [3.05, 3.63) is 0 Å². The molecule has 0 aliphatic heterocycles. The van der Waals surface area contributed by atoms with Crippen molar-refractivity contribution >= 4 is 12.0 Å². The fourth-order valence-corrected chi connectivity index (χ4v) is 1.42. The lowest BCUT2D eigenvalue weighted by Gasteiger charge is -2.22. The Hall–Kier alpha value is -1.30. The molecule has 6 heteroatoms. The number of hydrogen-bond donors (Lipinski definition) is 3. The quantitative estimate of drug-likeness (QED) is 0.291. The molecule has 0 aliphatic rings. The van der Waals surface area contributed by atoms with Crippen molar-refractivity contribution in [1.82, 2.24) is 10.7 Å². The normalized spacial score (nSPS) is 12.7. The molecule has 4 N–H and O–H groups in total. The van der Waals surface area contributed by atoms with Gasteiger partial charge in [0.2, 0.25) is 0 Å². The van der Waals surface area contributed by atoms with Crippen molar-refractivity contribution in [1.29, 1.82) is 0 Å². The Bertz CT molecular complexity index is 274. The van der Waals surface area contributed by atoms with Crippen LogP contribution in [-0.2, 0) is 9.53 Å². The lowest BCUT2D eigenvalue weighted by Crippen LogP contribution is -2.50. The fourth-order valence-electron chi connectivity index (χ4n) is 1.42. The predicted molar refractivity (Wildman–Crippen MR) is 69.6 cm³/mol. The molecule has 0 aromatic rings. The van der Waals surface area contributed by atoms with E-state index in [1.165, 1.54) is 0 Å². The van der Waals surface area contributed by atoms with E-state index in [2.05, 4.69) is 17.7 Å². The molecule has 1 atom stereocenters. The van der Waals surface area contributed by atoms with Gasteiger partial charge in [0.05, 0.1) is 0 Å². The van der Waals surface area contributed by atoms with Crippen LogP contribution in [0.5, 0.6) is 0 Å². The first-order valence-corrected chi connectivity index (χ1v) is 6.30. The van der Waals surface area contributed by atoms with Crippen LogP contribution in [0.2, 0.25) is 0 Å². The summed E-state index contributed by atoms with van der Waals surface area (Å²) in [6.07, 6.45) is 2.85. The summed E-state index contributed by atoms with van der Waals surface area (Å²) in [5.41, 5.74) is 1.46. The van der Waals surface area contributed by atoms with E-state index >= 15 is 0 Å². The first kappa shape index (κ1) is 16.7. The van der Waals surface area contributed by atoms with Crippen LogP contribution in [0.1, 0.15) is 53.4 Å². The Balaban J connectivity index is 4.31. The van der Waals surface area contributed by atoms with Gasteiger partial charge in [-0.1, -0.05) is 26.2 Å². The van der Waals surface area contributed by atoms with Gasteiger partial charge in [0.25, 0.3) is 5.91 Å². The molecule has 0 saturated heterocycles. The fraction of sp³-hybridized carbons (Fsp3) is 0.833. The number of unbranched alkanes of at least 4 members (excludes halogenated alkanes) is 2. The van der Waals surface area contributed by atoms with Crippen molar-refractivity contribution < 1.29 is 14.3 Å². The number of rotatable bonds is 6. The Morgan fingerprint density at radius 1 is 1.28 bits per heavy atom. The molecular formula is C12H25N3O3. The second-order valence-corrected chi connectivity index (χ2v) is 5.20. The van der Waals surface area contributed by atoms with Gasteiger partial charge < -0.3 is 10.1 Å². The zero-order valence-corrected chi connectivity index (χ0v) is 11.7. The van der Waals surface area contributed by atoms with Gasteiger partial charge in [0, 0.05) is 0 Å². The second-order valence-electron chi connectivity index (χ2n) is 5.20. The third-order valence-corrected chi connectivity index (χ3v) is 2.25. The molecule has 18 heavy (non-hydrogen) atoms. The minimum absolute atomic E-state index is 0.406. The molecule has 2 amide bonds. The largest absolute Gasteiger partial charge is 0.444 e. The molecule has 0 aromatic carbocycles. The number of carbonyl (C=O) groups excluding carboxylic acids is 2. The maximum atomic E-state index is 11.6. The summed E-state index contributed by atoms with van der Waals surface area (Å²) in [4.78, 5) is 23.1. The van der Waals surface area contributed by atoms with Gasteiger partial charge in [-0.3, -0.25) is 10.2 Å². The second kappa shape index (κ2) is 7.92. The van der Waals surface area contributed by atoms with Gasteiger partial charge in [-0.2, -0.15) is 0 Å². The highest BCUT2D eigenvalue weighted by Crippen LogP contribution is 2.08. The number of carbonyl (C=O) groups is 2. The molecule has 0 spiro atoms. The number of nitrogens with two attached hydrogens (primary N) is 1. The van der Waals surface area contributed by atoms with Crippen molar-refractivity contribution in [2.45, 2.75) is 65.0 Å². The Morgan fingerprint density at radius 3 is 2.33 bits per heavy atom. The van der Waals surface area contributed by atoms with Crippen molar-refractivity contribution in [2.24, 2.45) is 5.84 Å². The first-order valence-electron chi connectivity index (χ1n) is 6.30. The third kappa shape index (κ3) is 7.89. The number of hydrogen-bond acceptors (Lipinski definition) is 4. The number of nitrogens with one attached hydrogen (secondary N) is 2. The van der Waals surface area contributed by atoms with Gasteiger partial charge in [0.1, 0.15) is 11.6 Å². The van der Waals surface area contributed by atoms with E-state index < -0.39 is 23.6 Å². The van der Waals surface area contributed by atoms with E-state index in [0.29, 0.717) is 6.42 Å². The summed E-state index contributed by atoms with van der Waals surface area (Å²) in [5, 5.41) is 2.53. The molecule has 0 rings (SSSR count). The summed E-state index contributed by atoms with van der Waals surface area (Å²) in [6.45, 7) is 7.37. The molecular weight excluding hydrogens is 234 g/mol. The average molecular weight is 259 g/mol. The minimum atomic E-state index is -0.642. The van der Waals surface area contributed by atoms with Gasteiger partial charge in [-0.25, -0.2) is 10.6 Å². The third-order valence-electron chi connectivity index (χ3n) is 2.25. The van der Waals surface area contributed by atoms with Gasteiger partial charge in [0.15, 0.2) is 0 Å². The Morgan fingerprint density at radius 2 is 1.89 bits per heavy atom. The van der Waals surface area contributed by atoms with Crippen molar-refractivity contribution in [3.63, 3.8) is 0 Å². The number of alkyl carbamates (subject to hydrolysis) is 1. The van der Waals surface area contributed by atoms with Crippen LogP contribution in [0.3, 0.4) is 0 Å². The standard InChI is InChI=1S/C12H25N3O3/c1-5-6-7-8-9(10(16)15-13)14-11(17)18-12(2,3)4/h9H,5-8,13H2,1-4H3,(H,14,17)(H,15,16)/t9-/m0/s1. The maximum absolute atomic E-state index is 11.6. The van der Waals surface area contributed by atoms with Crippen LogP contribution in [-0.4, -0.2) is 23.6 Å². The summed E-state index contributed by atoms with van der Waals surface area (Å²) in [5.74, 6) is 4.68. The number of hydrazine groups is 1. The van der Waals surface area contributed by atoms with E-state index in [4.69, 9.17) is 10.6 Å². The van der Waals surface area contributed by atoms with Gasteiger partial charge in [-0.05, 0) is 27.2 Å². The molecule has 0 aromatic heterocycles. The van der Waals surface area contributed by atoms with Crippen LogP contribution < -0.4 is 16.6 Å². The lowest BCUT2D eigenvalue weighted by atomic mass is 10.1. The van der Waals surface area contributed by atoms with Gasteiger partial charge in [-0.15, -0.1) is 0 Å². The maximum Gasteiger partial charge on any atom is 0.408 e. The van der Waals surface area contributed by atoms with E-state index in [1.807, 2.05) is 0 Å². The van der Waals surface area contributed by atoms with Gasteiger partial charge >= 0.3 is 6.09 Å². The highest BCUT2D eigenvalue weighted by molar-refractivity contribution is 5.85. The molecule has 106 valence electrons. The van der Waals surface area contributed by atoms with Crippen molar-refractivity contribution in [3.8, 4) is 0 Å². The molecule has 0 saturated carbocycles. The molecule has 6 nitrogen and oxygen atoms in total. The summed E-state index contributed by atoms with van der Waals surface area (Å²) >= 11 is 0. The topological polar surface area (TPSA) is 93.4 Å². The summed E-state index contributed by atoms with van der Waals surface area (Å²) in [7, 11) is 0. The predicted octanol–water partition coefficient (Wildman–Crippen LogP) is 1.45. The molecule has 0 fully saturated rings. The lowest BCUT2D eigenvalue weighted by molar-refractivity contribution is -0.123. The van der Waals surface area contributed by atoms with Crippen LogP contribution in [0.4, 0.5) is 4.79 Å². The van der Waals surface area contributed by atoms with E-state index in [1.54, 1.807) is 20.8 Å². The van der Waals surface area contributed by atoms with Crippen LogP contribution >= 0.6 is 0 Å². The van der Waals surface area contributed by atoms with Crippen molar-refractivity contribution in [2.75, 3.05) is 0 Å². The van der Waals surface area contributed by atoms with E-state index in [9.17, 15) is 9.59 Å². The highest BCUT2D eigenvalue weighted by atomic mass is 16.6. The monoisotopic (exact) mass is 259 g/mol. The molecule has 0 aliphatic carbocycles. The zero-order valence-electron chi connectivity index (χ0n) is 11.7. The zero-order chi connectivity index (χ0) is 14.2. The smallest absolute Gasteiger partial charge is 0.408 e. The minimum Gasteiger partial charge on any atom is -0.444 e. The Labute approximate surface area is 109 Å². The molecule has 0 unspecified atom stereocenters. The highest BCUT2D eigenvalue weighted by Gasteiger charge is 2.23. The van der Waals surface area contributed by atoms with Crippen LogP contribution in [0.25, 0.3) is 0 Å². The molecule has 0 heterocycles. The van der Waals surface area contributed by atoms with Crippen LogP contribution in [0, 0.1) is 0 Å². The molecule has 0 bridgehead atoms. The molecule has 0 radical (unpaired) electrons. The van der Waals surface area contributed by atoms with E-state index in [-0.39, 0.29) is 0 Å². The SMILES string of the molecule is CCCCC[C@H](NC(=O)OC(C)(C)C)C(=O)NN. The number of amides is 2. The van der Waals surface area contributed by atoms with Crippen LogP contribution in [0.15, 0.2) is 0 Å². The van der Waals surface area contributed by atoms with E-state index in [0.717, 1.165) is 19.3 Å². The average Bonchev–Trinajstić information content (AvgIpc) is 2.24. The Kier molecular flexibility index (Phi) is 7.35. The first-order chi connectivity index (χ1) is 8.30.